The maximum atomic E-state index is 13.3. The third-order valence-corrected chi connectivity index (χ3v) is 6.89. The van der Waals surface area contributed by atoms with Crippen LogP contribution in [-0.2, 0) is 16.6 Å². The predicted octanol–water partition coefficient (Wildman–Crippen LogP) is 4.27. The second-order valence-electron chi connectivity index (χ2n) is 8.66. The van der Waals surface area contributed by atoms with Gasteiger partial charge in [-0.25, -0.2) is 8.42 Å². The van der Waals surface area contributed by atoms with Crippen molar-refractivity contribution in [2.75, 3.05) is 36.0 Å². The Morgan fingerprint density at radius 1 is 1.13 bits per heavy atom. The molecule has 7 heteroatoms. The fourth-order valence-corrected chi connectivity index (χ4v) is 4.83. The first kappa shape index (κ1) is 23.1. The minimum Gasteiger partial charge on any atom is -0.377 e. The Hall–Kier alpha value is -2.54. The first-order chi connectivity index (χ1) is 14.7. The van der Waals surface area contributed by atoms with Gasteiger partial charge in [-0.15, -0.1) is 0 Å². The average molecular weight is 444 g/mol. The number of sulfonamides is 1. The van der Waals surface area contributed by atoms with Gasteiger partial charge < -0.3 is 9.80 Å². The number of carbonyl (C=O) groups is 1. The maximum Gasteiger partial charge on any atom is 0.254 e. The van der Waals surface area contributed by atoms with Crippen molar-refractivity contribution >= 4 is 27.3 Å². The molecule has 6 nitrogen and oxygen atoms in total. The van der Waals surface area contributed by atoms with Gasteiger partial charge in [0, 0.05) is 44.1 Å². The number of rotatable bonds is 10. The number of amides is 1. The van der Waals surface area contributed by atoms with Gasteiger partial charge in [-0.05, 0) is 68.0 Å². The summed E-state index contributed by atoms with van der Waals surface area (Å²) in [6, 6.07) is 13.2. The van der Waals surface area contributed by atoms with Gasteiger partial charge in [0.05, 0.1) is 5.75 Å². The molecule has 0 atom stereocenters. The van der Waals surface area contributed by atoms with Crippen LogP contribution in [0.5, 0.6) is 0 Å². The van der Waals surface area contributed by atoms with Crippen molar-refractivity contribution in [1.29, 1.82) is 0 Å². The van der Waals surface area contributed by atoms with Crippen LogP contribution in [0.2, 0.25) is 0 Å². The summed E-state index contributed by atoms with van der Waals surface area (Å²) in [6.45, 7) is 4.97. The molecular weight excluding hydrogens is 410 g/mol. The third-order valence-electron chi connectivity index (χ3n) is 5.40. The second-order valence-corrected chi connectivity index (χ2v) is 10.5. The summed E-state index contributed by atoms with van der Waals surface area (Å²) in [6.07, 6.45) is 2.85. The highest BCUT2D eigenvalue weighted by molar-refractivity contribution is 7.92. The van der Waals surface area contributed by atoms with Crippen LogP contribution >= 0.6 is 0 Å². The minimum absolute atomic E-state index is 0.0114. The molecule has 0 heterocycles. The van der Waals surface area contributed by atoms with Crippen molar-refractivity contribution in [3.8, 4) is 0 Å². The molecule has 31 heavy (non-hydrogen) atoms. The van der Waals surface area contributed by atoms with Crippen molar-refractivity contribution in [3.05, 3.63) is 59.2 Å². The Morgan fingerprint density at radius 3 is 2.48 bits per heavy atom. The topological polar surface area (TPSA) is 69.7 Å². The summed E-state index contributed by atoms with van der Waals surface area (Å²) in [7, 11) is 0.523. The smallest absolute Gasteiger partial charge is 0.254 e. The van der Waals surface area contributed by atoms with Crippen LogP contribution in [-0.4, -0.2) is 45.6 Å². The zero-order valence-electron chi connectivity index (χ0n) is 18.9. The Balaban J connectivity index is 1.91. The quantitative estimate of drug-likeness (QED) is 0.596. The molecule has 1 amide bonds. The fraction of sp³-hybridized carbons (Fsp3) is 0.458. The van der Waals surface area contributed by atoms with E-state index in [-0.39, 0.29) is 11.7 Å². The van der Waals surface area contributed by atoms with Crippen molar-refractivity contribution in [2.24, 2.45) is 5.92 Å². The Labute approximate surface area is 186 Å². The van der Waals surface area contributed by atoms with E-state index < -0.39 is 10.0 Å². The molecule has 0 aromatic heterocycles. The van der Waals surface area contributed by atoms with Crippen molar-refractivity contribution in [1.82, 2.24) is 4.90 Å². The highest BCUT2D eigenvalue weighted by Gasteiger charge is 2.28. The van der Waals surface area contributed by atoms with Crippen molar-refractivity contribution in [3.63, 3.8) is 0 Å². The molecule has 2 aromatic carbocycles. The molecule has 1 aliphatic carbocycles. The number of carbonyl (C=O) groups excluding carboxylic acids is 1. The molecular formula is C24H33N3O3S. The van der Waals surface area contributed by atoms with Crippen LogP contribution in [0.25, 0.3) is 0 Å². The summed E-state index contributed by atoms with van der Waals surface area (Å²) in [5, 5.41) is 0. The van der Waals surface area contributed by atoms with Gasteiger partial charge in [0.2, 0.25) is 10.0 Å². The third kappa shape index (κ3) is 6.47. The first-order valence-electron chi connectivity index (χ1n) is 10.8. The molecule has 168 valence electrons. The number of hydrogen-bond acceptors (Lipinski definition) is 4. The Bertz CT molecular complexity index is 1030. The van der Waals surface area contributed by atoms with Crippen LogP contribution in [0, 0.1) is 12.8 Å². The molecule has 1 saturated carbocycles. The summed E-state index contributed by atoms with van der Waals surface area (Å²) < 4.78 is 27.2. The first-order valence-corrected chi connectivity index (χ1v) is 12.5. The van der Waals surface area contributed by atoms with Crippen LogP contribution in [0.3, 0.4) is 0 Å². The van der Waals surface area contributed by atoms with E-state index >= 15 is 0 Å². The zero-order valence-corrected chi connectivity index (χ0v) is 19.7. The van der Waals surface area contributed by atoms with Gasteiger partial charge in [0.25, 0.3) is 5.91 Å². The van der Waals surface area contributed by atoms with Gasteiger partial charge in [-0.2, -0.15) is 0 Å². The number of anilines is 2. The van der Waals surface area contributed by atoms with E-state index in [0.717, 1.165) is 29.7 Å². The Kier molecular flexibility index (Phi) is 7.26. The van der Waals surface area contributed by atoms with E-state index in [0.29, 0.717) is 36.7 Å². The van der Waals surface area contributed by atoms with E-state index in [2.05, 4.69) is 4.72 Å². The van der Waals surface area contributed by atoms with E-state index in [4.69, 9.17) is 0 Å². The molecule has 0 bridgehead atoms. The lowest BCUT2D eigenvalue weighted by Crippen LogP contribution is -2.33. The van der Waals surface area contributed by atoms with Crippen LogP contribution in [0.4, 0.5) is 11.4 Å². The molecule has 1 N–H and O–H groups in total. The lowest BCUT2D eigenvalue weighted by Gasteiger charge is -2.26. The highest BCUT2D eigenvalue weighted by Crippen LogP contribution is 2.32. The standard InChI is InChI=1S/C24H33N3O3S/c1-5-13-31(29,30)25-22-11-12-23(26(3)4)21(15-22)17-27(16-19-9-10-19)24(28)20-8-6-7-18(2)14-20/h6-8,11-12,14-15,19,25H,5,9-10,13,16-17H2,1-4H3. The van der Waals surface area contributed by atoms with E-state index in [1.165, 1.54) is 0 Å². The van der Waals surface area contributed by atoms with Gasteiger partial charge in [0.15, 0.2) is 0 Å². The lowest BCUT2D eigenvalue weighted by molar-refractivity contribution is 0.0735. The molecule has 0 unspecified atom stereocenters. The molecule has 0 radical (unpaired) electrons. The highest BCUT2D eigenvalue weighted by atomic mass is 32.2. The van der Waals surface area contributed by atoms with Crippen LogP contribution in [0.1, 0.15) is 47.7 Å². The SMILES string of the molecule is CCCS(=O)(=O)Nc1ccc(N(C)C)c(CN(CC2CC2)C(=O)c2cccc(C)c2)c1. The summed E-state index contributed by atoms with van der Waals surface area (Å²) in [4.78, 5) is 17.2. The molecule has 0 aliphatic heterocycles. The predicted molar refractivity (Wildman–Crippen MR) is 127 cm³/mol. The van der Waals surface area contributed by atoms with Gasteiger partial charge in [-0.3, -0.25) is 9.52 Å². The van der Waals surface area contributed by atoms with Crippen molar-refractivity contribution < 1.29 is 13.2 Å². The van der Waals surface area contributed by atoms with Crippen LogP contribution in [0.15, 0.2) is 42.5 Å². The molecule has 0 saturated heterocycles. The Morgan fingerprint density at radius 2 is 1.87 bits per heavy atom. The van der Waals surface area contributed by atoms with E-state index in [9.17, 15) is 13.2 Å². The normalized spacial score (nSPS) is 13.7. The van der Waals surface area contributed by atoms with E-state index in [1.54, 1.807) is 6.07 Å². The van der Waals surface area contributed by atoms with Gasteiger partial charge in [-0.1, -0.05) is 24.6 Å². The number of nitrogens with zero attached hydrogens (tertiary/aromatic N) is 2. The van der Waals surface area contributed by atoms with Gasteiger partial charge in [0.1, 0.15) is 0 Å². The zero-order chi connectivity index (χ0) is 22.6. The number of nitrogens with one attached hydrogen (secondary N) is 1. The lowest BCUT2D eigenvalue weighted by atomic mass is 10.1. The second kappa shape index (κ2) is 9.73. The van der Waals surface area contributed by atoms with Gasteiger partial charge >= 0.3 is 0 Å². The van der Waals surface area contributed by atoms with Crippen molar-refractivity contribution in [2.45, 2.75) is 39.7 Å². The number of hydrogen-bond donors (Lipinski definition) is 1. The fourth-order valence-electron chi connectivity index (χ4n) is 3.71. The number of benzene rings is 2. The van der Waals surface area contributed by atoms with Crippen LogP contribution < -0.4 is 9.62 Å². The largest absolute Gasteiger partial charge is 0.377 e. The molecule has 3 rings (SSSR count). The molecule has 1 fully saturated rings. The number of aryl methyl sites for hydroxylation is 1. The molecule has 1 aliphatic rings. The summed E-state index contributed by atoms with van der Waals surface area (Å²) in [5.74, 6) is 0.636. The summed E-state index contributed by atoms with van der Waals surface area (Å²) >= 11 is 0. The summed E-state index contributed by atoms with van der Waals surface area (Å²) in [5.41, 5.74) is 4.16. The molecule has 0 spiro atoms. The maximum absolute atomic E-state index is 13.3. The average Bonchev–Trinajstić information content (AvgIpc) is 3.50. The minimum atomic E-state index is -3.38. The van der Waals surface area contributed by atoms with E-state index in [1.807, 2.05) is 74.1 Å². The molecule has 2 aromatic rings. The monoisotopic (exact) mass is 443 g/mol.